The molecule has 1 saturated heterocycles. The van der Waals surface area contributed by atoms with Crippen molar-refractivity contribution >= 4 is 5.91 Å². The van der Waals surface area contributed by atoms with E-state index in [4.69, 9.17) is 0 Å². The average molecular weight is 171 g/mol. The van der Waals surface area contributed by atoms with Crippen LogP contribution in [-0.2, 0) is 4.79 Å². The number of carbonyl (C=O) groups excluding carboxylic acids is 1. The van der Waals surface area contributed by atoms with E-state index in [-0.39, 0.29) is 24.0 Å². The lowest BCUT2D eigenvalue weighted by Gasteiger charge is -2.22. The van der Waals surface area contributed by atoms with Crippen LogP contribution in [0.5, 0.6) is 0 Å². The minimum absolute atomic E-state index is 0.0396. The van der Waals surface area contributed by atoms with E-state index in [9.17, 15) is 9.90 Å². The van der Waals surface area contributed by atoms with Crippen molar-refractivity contribution in [2.45, 2.75) is 39.3 Å². The van der Waals surface area contributed by atoms with E-state index in [1.54, 1.807) is 4.90 Å². The molecule has 0 bridgehead atoms. The molecular weight excluding hydrogens is 154 g/mol. The number of hydrogen-bond donors (Lipinski definition) is 1. The van der Waals surface area contributed by atoms with Gasteiger partial charge in [-0.3, -0.25) is 4.79 Å². The molecule has 2 unspecified atom stereocenters. The lowest BCUT2D eigenvalue weighted by molar-refractivity contribution is -0.135. The van der Waals surface area contributed by atoms with Crippen LogP contribution in [0, 0.1) is 5.92 Å². The minimum atomic E-state index is -0.317. The van der Waals surface area contributed by atoms with Crippen LogP contribution in [0.25, 0.3) is 0 Å². The van der Waals surface area contributed by atoms with Gasteiger partial charge in [0.2, 0.25) is 5.91 Å². The second kappa shape index (κ2) is 3.44. The molecular formula is C9H17NO2. The molecule has 1 amide bonds. The van der Waals surface area contributed by atoms with E-state index in [2.05, 4.69) is 0 Å². The second-order valence-electron chi connectivity index (χ2n) is 3.88. The summed E-state index contributed by atoms with van der Waals surface area (Å²) in [6.07, 6.45) is 0.404. The molecule has 1 heterocycles. The number of hydrogen-bond acceptors (Lipinski definition) is 2. The van der Waals surface area contributed by atoms with Gasteiger partial charge in [-0.25, -0.2) is 0 Å². The molecule has 12 heavy (non-hydrogen) atoms. The number of nitrogens with zero attached hydrogens (tertiary/aromatic N) is 1. The summed E-state index contributed by atoms with van der Waals surface area (Å²) < 4.78 is 0. The van der Waals surface area contributed by atoms with Gasteiger partial charge in [-0.2, -0.15) is 0 Å². The smallest absolute Gasteiger partial charge is 0.225 e. The summed E-state index contributed by atoms with van der Waals surface area (Å²) in [6.45, 7) is 6.27. The molecule has 3 heteroatoms. The number of rotatable bonds is 1. The quantitative estimate of drug-likeness (QED) is 0.628. The number of amides is 1. The first-order chi connectivity index (χ1) is 5.52. The van der Waals surface area contributed by atoms with Crippen LogP contribution in [-0.4, -0.2) is 34.6 Å². The van der Waals surface area contributed by atoms with Gasteiger partial charge >= 0.3 is 0 Å². The molecule has 0 aliphatic carbocycles. The number of likely N-dealkylation sites (tertiary alicyclic amines) is 1. The Labute approximate surface area is 73.4 Å². The molecule has 70 valence electrons. The fraction of sp³-hybridized carbons (Fsp3) is 0.889. The number of β-amino-alcohol motifs (C(OH)–C–C–N with tert-alkyl or cyclic N) is 1. The van der Waals surface area contributed by atoms with E-state index >= 15 is 0 Å². The van der Waals surface area contributed by atoms with Crippen LogP contribution in [0.3, 0.4) is 0 Å². The Morgan fingerprint density at radius 1 is 1.58 bits per heavy atom. The predicted molar refractivity (Wildman–Crippen MR) is 46.6 cm³/mol. The van der Waals surface area contributed by atoms with E-state index < -0.39 is 0 Å². The molecule has 2 atom stereocenters. The SMILES string of the molecule is CC(C)C(=O)N1CC(O)CC1C. The molecule has 1 aliphatic rings. The number of carbonyl (C=O) groups is 1. The summed E-state index contributed by atoms with van der Waals surface area (Å²) in [5.41, 5.74) is 0. The van der Waals surface area contributed by atoms with Crippen molar-refractivity contribution in [3.05, 3.63) is 0 Å². The fourth-order valence-electron chi connectivity index (χ4n) is 1.64. The maximum absolute atomic E-state index is 11.5. The van der Waals surface area contributed by atoms with Crippen molar-refractivity contribution in [3.8, 4) is 0 Å². The van der Waals surface area contributed by atoms with Crippen molar-refractivity contribution in [1.82, 2.24) is 4.90 Å². The summed E-state index contributed by atoms with van der Waals surface area (Å²) in [5.74, 6) is 0.191. The highest BCUT2D eigenvalue weighted by molar-refractivity contribution is 5.78. The molecule has 1 fully saturated rings. The van der Waals surface area contributed by atoms with Gasteiger partial charge in [0, 0.05) is 18.5 Å². The van der Waals surface area contributed by atoms with E-state index in [1.807, 2.05) is 20.8 Å². The molecule has 1 N–H and O–H groups in total. The Morgan fingerprint density at radius 2 is 2.17 bits per heavy atom. The standard InChI is InChI=1S/C9H17NO2/c1-6(2)9(12)10-5-8(11)4-7(10)3/h6-8,11H,4-5H2,1-3H3. The summed E-state index contributed by atoms with van der Waals surface area (Å²) >= 11 is 0. The van der Waals surface area contributed by atoms with Crippen LogP contribution >= 0.6 is 0 Å². The Morgan fingerprint density at radius 3 is 2.50 bits per heavy atom. The Hall–Kier alpha value is -0.570. The van der Waals surface area contributed by atoms with E-state index in [1.165, 1.54) is 0 Å². The maximum Gasteiger partial charge on any atom is 0.225 e. The molecule has 0 saturated carbocycles. The van der Waals surface area contributed by atoms with Crippen molar-refractivity contribution < 1.29 is 9.90 Å². The Bertz CT molecular complexity index is 179. The summed E-state index contributed by atoms with van der Waals surface area (Å²) in [4.78, 5) is 13.3. The van der Waals surface area contributed by atoms with Gasteiger partial charge in [-0.05, 0) is 13.3 Å². The molecule has 0 aromatic carbocycles. The van der Waals surface area contributed by atoms with Gasteiger partial charge in [-0.15, -0.1) is 0 Å². The van der Waals surface area contributed by atoms with Crippen molar-refractivity contribution in [2.75, 3.05) is 6.54 Å². The van der Waals surface area contributed by atoms with Crippen molar-refractivity contribution in [2.24, 2.45) is 5.92 Å². The summed E-state index contributed by atoms with van der Waals surface area (Å²) in [7, 11) is 0. The number of aliphatic hydroxyl groups excluding tert-OH is 1. The third-order valence-electron chi connectivity index (χ3n) is 2.33. The largest absolute Gasteiger partial charge is 0.391 e. The third-order valence-corrected chi connectivity index (χ3v) is 2.33. The summed E-state index contributed by atoms with van der Waals surface area (Å²) in [5, 5.41) is 9.31. The van der Waals surface area contributed by atoms with Gasteiger partial charge in [0.1, 0.15) is 0 Å². The van der Waals surface area contributed by atoms with E-state index in [0.29, 0.717) is 6.54 Å². The van der Waals surface area contributed by atoms with E-state index in [0.717, 1.165) is 6.42 Å². The Kier molecular flexibility index (Phi) is 2.73. The lowest BCUT2D eigenvalue weighted by atomic mass is 10.1. The Balaban J connectivity index is 2.58. The van der Waals surface area contributed by atoms with Crippen LogP contribution in [0.15, 0.2) is 0 Å². The second-order valence-corrected chi connectivity index (χ2v) is 3.88. The first-order valence-electron chi connectivity index (χ1n) is 4.51. The topological polar surface area (TPSA) is 40.5 Å². The number of aliphatic hydroxyl groups is 1. The van der Waals surface area contributed by atoms with Crippen LogP contribution in [0.1, 0.15) is 27.2 Å². The highest BCUT2D eigenvalue weighted by Gasteiger charge is 2.31. The monoisotopic (exact) mass is 171 g/mol. The molecule has 1 aliphatic heterocycles. The first kappa shape index (κ1) is 9.52. The van der Waals surface area contributed by atoms with Gasteiger partial charge in [0.15, 0.2) is 0 Å². The lowest BCUT2D eigenvalue weighted by Crippen LogP contribution is -2.37. The van der Waals surface area contributed by atoms with Crippen LogP contribution in [0.2, 0.25) is 0 Å². The highest BCUT2D eigenvalue weighted by atomic mass is 16.3. The molecule has 0 aromatic heterocycles. The van der Waals surface area contributed by atoms with Crippen molar-refractivity contribution in [1.29, 1.82) is 0 Å². The van der Waals surface area contributed by atoms with Gasteiger partial charge < -0.3 is 10.0 Å². The zero-order valence-electron chi connectivity index (χ0n) is 7.95. The van der Waals surface area contributed by atoms with Crippen LogP contribution in [0.4, 0.5) is 0 Å². The normalized spacial score (nSPS) is 29.9. The predicted octanol–water partition coefficient (Wildman–Crippen LogP) is 0.624. The molecule has 3 nitrogen and oxygen atoms in total. The van der Waals surface area contributed by atoms with Crippen molar-refractivity contribution in [3.63, 3.8) is 0 Å². The van der Waals surface area contributed by atoms with Gasteiger partial charge in [-0.1, -0.05) is 13.8 Å². The van der Waals surface area contributed by atoms with Crippen LogP contribution < -0.4 is 0 Å². The molecule has 0 spiro atoms. The van der Waals surface area contributed by atoms with Gasteiger partial charge in [0.25, 0.3) is 0 Å². The van der Waals surface area contributed by atoms with Gasteiger partial charge in [0.05, 0.1) is 6.10 Å². The first-order valence-corrected chi connectivity index (χ1v) is 4.51. The average Bonchev–Trinajstić information content (AvgIpc) is 2.28. The molecule has 0 aromatic rings. The molecule has 0 radical (unpaired) electrons. The zero-order chi connectivity index (χ0) is 9.30. The zero-order valence-corrected chi connectivity index (χ0v) is 7.95. The highest BCUT2D eigenvalue weighted by Crippen LogP contribution is 2.19. The third kappa shape index (κ3) is 1.78. The fourth-order valence-corrected chi connectivity index (χ4v) is 1.64. The minimum Gasteiger partial charge on any atom is -0.391 e. The molecule has 1 rings (SSSR count). The maximum atomic E-state index is 11.5. The summed E-state index contributed by atoms with van der Waals surface area (Å²) in [6, 6.07) is 0.204.